The molecule has 174 valence electrons. The van der Waals surface area contributed by atoms with Crippen LogP contribution >= 0.6 is 0 Å². The SMILES string of the molecule is CC(CN(C)C(=O)C1(NC(=O)OCC2c3ccccc3-c3ccccc32)CCCC1)C(=O)O. The van der Waals surface area contributed by atoms with E-state index in [2.05, 4.69) is 29.6 Å². The van der Waals surface area contributed by atoms with E-state index >= 15 is 0 Å². The number of carboxylic acids is 1. The number of nitrogens with one attached hydrogen (secondary N) is 1. The number of fused-ring (bicyclic) bond motifs is 3. The van der Waals surface area contributed by atoms with Crippen LogP contribution in [0.5, 0.6) is 0 Å². The minimum Gasteiger partial charge on any atom is -0.481 e. The number of ether oxygens (including phenoxy) is 1. The maximum absolute atomic E-state index is 13.2. The molecule has 2 N–H and O–H groups in total. The first-order valence-electron chi connectivity index (χ1n) is 11.4. The Kier molecular flexibility index (Phi) is 6.40. The number of hydrogen-bond donors (Lipinski definition) is 2. The van der Waals surface area contributed by atoms with E-state index < -0.39 is 23.5 Å². The summed E-state index contributed by atoms with van der Waals surface area (Å²) in [5, 5.41) is 12.0. The van der Waals surface area contributed by atoms with Crippen molar-refractivity contribution < 1.29 is 24.2 Å². The summed E-state index contributed by atoms with van der Waals surface area (Å²) in [5.41, 5.74) is 3.51. The Labute approximate surface area is 193 Å². The first kappa shape index (κ1) is 22.8. The van der Waals surface area contributed by atoms with Crippen molar-refractivity contribution in [3.05, 3.63) is 59.7 Å². The first-order chi connectivity index (χ1) is 15.8. The molecule has 0 saturated heterocycles. The number of alkyl carbamates (subject to hydrolysis) is 1. The van der Waals surface area contributed by atoms with Gasteiger partial charge in [0.1, 0.15) is 12.1 Å². The Balaban J connectivity index is 1.44. The molecule has 0 spiro atoms. The molecule has 1 atom stereocenters. The number of carbonyl (C=O) groups is 3. The highest BCUT2D eigenvalue weighted by Crippen LogP contribution is 2.44. The third kappa shape index (κ3) is 4.45. The lowest BCUT2D eigenvalue weighted by molar-refractivity contribution is -0.144. The third-order valence-electron chi connectivity index (χ3n) is 6.87. The fraction of sp³-hybridized carbons (Fsp3) is 0.423. The van der Waals surface area contributed by atoms with E-state index in [1.807, 2.05) is 24.3 Å². The highest BCUT2D eigenvalue weighted by Gasteiger charge is 2.45. The summed E-state index contributed by atoms with van der Waals surface area (Å²) in [6.07, 6.45) is 2.05. The van der Waals surface area contributed by atoms with Gasteiger partial charge < -0.3 is 20.1 Å². The van der Waals surface area contributed by atoms with Gasteiger partial charge >= 0.3 is 12.1 Å². The molecule has 0 heterocycles. The second-order valence-electron chi connectivity index (χ2n) is 9.16. The van der Waals surface area contributed by atoms with E-state index in [1.54, 1.807) is 14.0 Å². The number of hydrogen-bond acceptors (Lipinski definition) is 4. The van der Waals surface area contributed by atoms with Crippen molar-refractivity contribution in [2.75, 3.05) is 20.2 Å². The van der Waals surface area contributed by atoms with E-state index in [4.69, 9.17) is 4.74 Å². The second-order valence-corrected chi connectivity index (χ2v) is 9.16. The van der Waals surface area contributed by atoms with Gasteiger partial charge in [-0.25, -0.2) is 4.79 Å². The topological polar surface area (TPSA) is 95.9 Å². The lowest BCUT2D eigenvalue weighted by atomic mass is 9.95. The van der Waals surface area contributed by atoms with Crippen molar-refractivity contribution in [2.24, 2.45) is 5.92 Å². The Morgan fingerprint density at radius 1 is 1.06 bits per heavy atom. The number of nitrogens with zero attached hydrogens (tertiary/aromatic N) is 1. The molecule has 2 aliphatic carbocycles. The fourth-order valence-corrected chi connectivity index (χ4v) is 5.14. The molecular formula is C26H30N2O5. The van der Waals surface area contributed by atoms with Gasteiger partial charge in [-0.15, -0.1) is 0 Å². The summed E-state index contributed by atoms with van der Waals surface area (Å²) >= 11 is 0. The molecule has 1 unspecified atom stereocenters. The van der Waals surface area contributed by atoms with E-state index in [0.29, 0.717) is 12.8 Å². The number of carbonyl (C=O) groups excluding carboxylic acids is 2. The van der Waals surface area contributed by atoms with Crippen molar-refractivity contribution >= 4 is 18.0 Å². The zero-order valence-electron chi connectivity index (χ0n) is 19.0. The van der Waals surface area contributed by atoms with Crippen LogP contribution in [0.2, 0.25) is 0 Å². The maximum Gasteiger partial charge on any atom is 0.408 e. The molecule has 0 bridgehead atoms. The van der Waals surface area contributed by atoms with Crippen molar-refractivity contribution in [1.82, 2.24) is 10.2 Å². The van der Waals surface area contributed by atoms with Gasteiger partial charge in [0.05, 0.1) is 5.92 Å². The average Bonchev–Trinajstić information content (AvgIpc) is 3.40. The highest BCUT2D eigenvalue weighted by atomic mass is 16.5. The zero-order chi connectivity index (χ0) is 23.6. The minimum absolute atomic E-state index is 0.0579. The summed E-state index contributed by atoms with van der Waals surface area (Å²) in [6, 6.07) is 16.2. The van der Waals surface area contributed by atoms with Crippen LogP contribution in [-0.2, 0) is 14.3 Å². The summed E-state index contributed by atoms with van der Waals surface area (Å²) in [4.78, 5) is 38.7. The molecule has 2 aromatic carbocycles. The van der Waals surface area contributed by atoms with E-state index in [9.17, 15) is 19.5 Å². The number of amides is 2. The first-order valence-corrected chi connectivity index (χ1v) is 11.4. The minimum atomic E-state index is -1.05. The van der Waals surface area contributed by atoms with Gasteiger partial charge in [-0.05, 0) is 35.1 Å². The van der Waals surface area contributed by atoms with Gasteiger partial charge in [0.25, 0.3) is 0 Å². The molecule has 0 aromatic heterocycles. The molecule has 4 rings (SSSR count). The lowest BCUT2D eigenvalue weighted by Crippen LogP contribution is -2.58. The fourth-order valence-electron chi connectivity index (χ4n) is 5.14. The number of likely N-dealkylation sites (N-methyl/N-ethyl adjacent to an activating group) is 1. The van der Waals surface area contributed by atoms with Crippen LogP contribution in [0.3, 0.4) is 0 Å². The van der Waals surface area contributed by atoms with Gasteiger partial charge in [0, 0.05) is 19.5 Å². The van der Waals surface area contributed by atoms with Crippen molar-refractivity contribution in [1.29, 1.82) is 0 Å². The molecule has 7 heteroatoms. The van der Waals surface area contributed by atoms with Crippen molar-refractivity contribution in [3.8, 4) is 11.1 Å². The maximum atomic E-state index is 13.2. The molecule has 7 nitrogen and oxygen atoms in total. The summed E-state index contributed by atoms with van der Waals surface area (Å²) in [7, 11) is 1.58. The largest absolute Gasteiger partial charge is 0.481 e. The van der Waals surface area contributed by atoms with Gasteiger partial charge in [-0.2, -0.15) is 0 Å². The molecule has 1 saturated carbocycles. The van der Waals surface area contributed by atoms with Gasteiger partial charge in [0.2, 0.25) is 5.91 Å². The number of benzene rings is 2. The summed E-state index contributed by atoms with van der Waals surface area (Å²) in [6.45, 7) is 1.82. The van der Waals surface area contributed by atoms with Crippen LogP contribution in [0, 0.1) is 5.92 Å². The number of rotatable bonds is 7. The lowest BCUT2D eigenvalue weighted by Gasteiger charge is -2.33. The standard InChI is InChI=1S/C26H30N2O5/c1-17(23(29)30)15-28(2)24(31)26(13-7-8-14-26)27-25(32)33-16-22-20-11-5-3-9-18(20)19-10-4-6-12-21(19)22/h3-6,9-12,17,22H,7-8,13-16H2,1-2H3,(H,27,32)(H,29,30). The van der Waals surface area contributed by atoms with Gasteiger partial charge in [-0.1, -0.05) is 68.3 Å². The Bertz CT molecular complexity index is 1010. The van der Waals surface area contributed by atoms with E-state index in [0.717, 1.165) is 35.1 Å². The smallest absolute Gasteiger partial charge is 0.408 e. The average molecular weight is 451 g/mol. The Morgan fingerprint density at radius 3 is 2.15 bits per heavy atom. The van der Waals surface area contributed by atoms with Crippen molar-refractivity contribution in [2.45, 2.75) is 44.1 Å². The number of carboxylic acid groups (broad SMARTS) is 1. The normalized spacial score (nSPS) is 17.0. The van der Waals surface area contributed by atoms with Gasteiger partial charge in [0.15, 0.2) is 0 Å². The predicted molar refractivity (Wildman–Crippen MR) is 124 cm³/mol. The quantitative estimate of drug-likeness (QED) is 0.664. The molecule has 0 radical (unpaired) electrons. The molecular weight excluding hydrogens is 420 g/mol. The molecule has 2 amide bonds. The van der Waals surface area contributed by atoms with Crippen LogP contribution in [0.4, 0.5) is 4.79 Å². The molecule has 2 aromatic rings. The second kappa shape index (κ2) is 9.25. The zero-order valence-corrected chi connectivity index (χ0v) is 19.0. The summed E-state index contributed by atoms with van der Waals surface area (Å²) in [5.74, 6) is -1.97. The van der Waals surface area contributed by atoms with Crippen LogP contribution in [0.25, 0.3) is 11.1 Å². The Hall–Kier alpha value is -3.35. The predicted octanol–water partition coefficient (Wildman–Crippen LogP) is 4.02. The molecule has 2 aliphatic rings. The van der Waals surface area contributed by atoms with Crippen LogP contribution in [0.15, 0.2) is 48.5 Å². The molecule has 0 aliphatic heterocycles. The monoisotopic (exact) mass is 450 g/mol. The molecule has 1 fully saturated rings. The van der Waals surface area contributed by atoms with Crippen LogP contribution in [0.1, 0.15) is 49.7 Å². The summed E-state index contributed by atoms with van der Waals surface area (Å²) < 4.78 is 5.66. The number of aliphatic carboxylic acids is 1. The Morgan fingerprint density at radius 2 is 1.61 bits per heavy atom. The van der Waals surface area contributed by atoms with Crippen molar-refractivity contribution in [3.63, 3.8) is 0 Å². The van der Waals surface area contributed by atoms with Gasteiger partial charge in [-0.3, -0.25) is 9.59 Å². The highest BCUT2D eigenvalue weighted by molar-refractivity contribution is 5.90. The van der Waals surface area contributed by atoms with E-state index in [1.165, 1.54) is 4.90 Å². The third-order valence-corrected chi connectivity index (χ3v) is 6.87. The van der Waals surface area contributed by atoms with Crippen LogP contribution < -0.4 is 5.32 Å². The molecule has 33 heavy (non-hydrogen) atoms. The van der Waals surface area contributed by atoms with Crippen LogP contribution in [-0.4, -0.2) is 53.7 Å². The van der Waals surface area contributed by atoms with E-state index in [-0.39, 0.29) is 25.0 Å².